The fraction of sp³-hybridized carbons (Fsp3) is 0.344. The molecule has 3 aromatic carbocycles. The third-order valence-corrected chi connectivity index (χ3v) is 7.76. The number of carboxylic acids is 1. The van der Waals surface area contributed by atoms with Gasteiger partial charge < -0.3 is 9.84 Å². The topological polar surface area (TPSA) is 49.8 Å². The lowest BCUT2D eigenvalue weighted by molar-refractivity contribution is -0.136. The van der Waals surface area contributed by atoms with Gasteiger partial charge in [0.25, 0.3) is 0 Å². The lowest BCUT2D eigenvalue weighted by atomic mass is 9.70. The van der Waals surface area contributed by atoms with Gasteiger partial charge in [0, 0.05) is 5.41 Å². The summed E-state index contributed by atoms with van der Waals surface area (Å²) in [6.07, 6.45) is 7.50. The van der Waals surface area contributed by atoms with Crippen molar-refractivity contribution in [2.24, 2.45) is 0 Å². The predicted molar refractivity (Wildman–Crippen MR) is 144 cm³/mol. The molecule has 0 spiro atoms. The summed E-state index contributed by atoms with van der Waals surface area (Å²) in [5.74, 6) is -0.810. The second-order valence-corrected chi connectivity index (χ2v) is 9.75. The number of aliphatic carboxylic acids is 1. The molecule has 1 aliphatic heterocycles. The first-order chi connectivity index (χ1) is 16.8. The quantitative estimate of drug-likeness (QED) is 0.312. The van der Waals surface area contributed by atoms with E-state index in [1.54, 1.807) is 0 Å². The standard InChI is InChI=1S/C32H36O3/c1-5-31(22-35-31)18-17-25-11-16-29(19-23(25)4)32(6-2,7-3)28-14-12-26(13-15-28)27-10-8-9-24(20-27)21-30(33)34/h8-20H,5-7,21-22H2,1-4H3,(H,33,34)/b18-17+. The van der Waals surface area contributed by atoms with Crippen LogP contribution in [0, 0.1) is 6.92 Å². The van der Waals surface area contributed by atoms with Crippen molar-refractivity contribution in [3.05, 3.63) is 101 Å². The van der Waals surface area contributed by atoms with Crippen LogP contribution in [0.1, 0.15) is 67.9 Å². The van der Waals surface area contributed by atoms with E-state index in [1.165, 1.54) is 22.3 Å². The van der Waals surface area contributed by atoms with Crippen LogP contribution in [-0.2, 0) is 21.4 Å². The summed E-state index contributed by atoms with van der Waals surface area (Å²) in [7, 11) is 0. The van der Waals surface area contributed by atoms with Gasteiger partial charge in [-0.05, 0) is 71.2 Å². The second-order valence-electron chi connectivity index (χ2n) is 9.75. The molecule has 3 aromatic rings. The molecule has 35 heavy (non-hydrogen) atoms. The van der Waals surface area contributed by atoms with Crippen molar-refractivity contribution in [1.29, 1.82) is 0 Å². The first kappa shape index (κ1) is 24.9. The summed E-state index contributed by atoms with van der Waals surface area (Å²) in [4.78, 5) is 11.1. The number of carboxylic acid groups (broad SMARTS) is 1. The molecular weight excluding hydrogens is 432 g/mol. The van der Waals surface area contributed by atoms with Crippen LogP contribution >= 0.6 is 0 Å². The minimum atomic E-state index is -0.810. The molecule has 1 N–H and O–H groups in total. The highest BCUT2D eigenvalue weighted by molar-refractivity contribution is 5.72. The molecule has 3 nitrogen and oxygen atoms in total. The molecule has 1 unspecified atom stereocenters. The Bertz CT molecular complexity index is 1210. The number of ether oxygens (including phenoxy) is 1. The van der Waals surface area contributed by atoms with E-state index < -0.39 is 5.97 Å². The summed E-state index contributed by atoms with van der Waals surface area (Å²) < 4.78 is 5.63. The Labute approximate surface area is 209 Å². The number of epoxide rings is 1. The van der Waals surface area contributed by atoms with Crippen molar-refractivity contribution in [2.75, 3.05) is 6.61 Å². The Hall–Kier alpha value is -3.17. The monoisotopic (exact) mass is 468 g/mol. The molecule has 4 rings (SSSR count). The lowest BCUT2D eigenvalue weighted by Crippen LogP contribution is -2.26. The Morgan fingerprint density at radius 2 is 1.66 bits per heavy atom. The molecule has 0 amide bonds. The molecule has 0 aromatic heterocycles. The van der Waals surface area contributed by atoms with Crippen LogP contribution in [0.4, 0.5) is 0 Å². The smallest absolute Gasteiger partial charge is 0.307 e. The maximum Gasteiger partial charge on any atom is 0.307 e. The summed E-state index contributed by atoms with van der Waals surface area (Å²) >= 11 is 0. The molecule has 1 aliphatic rings. The summed E-state index contributed by atoms with van der Waals surface area (Å²) in [5, 5.41) is 9.12. The molecule has 182 valence electrons. The summed E-state index contributed by atoms with van der Waals surface area (Å²) in [6, 6.07) is 23.5. The highest BCUT2D eigenvalue weighted by Crippen LogP contribution is 2.40. The third kappa shape index (κ3) is 5.26. The van der Waals surface area contributed by atoms with Gasteiger partial charge in [-0.1, -0.05) is 93.6 Å². The first-order valence-electron chi connectivity index (χ1n) is 12.7. The minimum absolute atomic E-state index is 0.0394. The van der Waals surface area contributed by atoms with Gasteiger partial charge in [0.15, 0.2) is 0 Å². The molecule has 0 bridgehead atoms. The van der Waals surface area contributed by atoms with Crippen LogP contribution in [0.15, 0.2) is 72.8 Å². The third-order valence-electron chi connectivity index (χ3n) is 7.76. The van der Waals surface area contributed by atoms with Crippen molar-refractivity contribution in [3.63, 3.8) is 0 Å². The van der Waals surface area contributed by atoms with Gasteiger partial charge in [0.05, 0.1) is 13.0 Å². The van der Waals surface area contributed by atoms with Crippen molar-refractivity contribution < 1.29 is 14.6 Å². The highest BCUT2D eigenvalue weighted by Gasteiger charge is 2.39. The number of aryl methyl sites for hydroxylation is 1. The number of hydrogen-bond donors (Lipinski definition) is 1. The summed E-state index contributed by atoms with van der Waals surface area (Å²) in [6.45, 7) is 9.73. The Morgan fingerprint density at radius 3 is 2.23 bits per heavy atom. The van der Waals surface area contributed by atoms with Crippen LogP contribution in [0.5, 0.6) is 0 Å². The molecule has 1 atom stereocenters. The van der Waals surface area contributed by atoms with Gasteiger partial charge in [-0.25, -0.2) is 0 Å². The Morgan fingerprint density at radius 1 is 0.971 bits per heavy atom. The fourth-order valence-corrected chi connectivity index (χ4v) is 5.16. The maximum absolute atomic E-state index is 11.1. The number of carbonyl (C=O) groups is 1. The van der Waals surface area contributed by atoms with Gasteiger partial charge in [0.2, 0.25) is 0 Å². The number of benzene rings is 3. The van der Waals surface area contributed by atoms with Crippen LogP contribution in [0.2, 0.25) is 0 Å². The van der Waals surface area contributed by atoms with E-state index in [0.29, 0.717) is 0 Å². The second kappa shape index (κ2) is 10.2. The van der Waals surface area contributed by atoms with Crippen molar-refractivity contribution >= 4 is 12.0 Å². The summed E-state index contributed by atoms with van der Waals surface area (Å²) in [5.41, 5.74) is 8.05. The Balaban J connectivity index is 1.63. The van der Waals surface area contributed by atoms with Crippen molar-refractivity contribution in [1.82, 2.24) is 0 Å². The minimum Gasteiger partial charge on any atom is -0.481 e. The van der Waals surface area contributed by atoms with Crippen molar-refractivity contribution in [3.8, 4) is 11.1 Å². The average molecular weight is 469 g/mol. The maximum atomic E-state index is 11.1. The normalized spacial score (nSPS) is 17.6. The zero-order valence-corrected chi connectivity index (χ0v) is 21.3. The van der Waals surface area contributed by atoms with E-state index in [1.807, 2.05) is 24.3 Å². The largest absolute Gasteiger partial charge is 0.481 e. The van der Waals surface area contributed by atoms with E-state index >= 15 is 0 Å². The number of hydrogen-bond acceptors (Lipinski definition) is 2. The predicted octanol–water partition coefficient (Wildman–Crippen LogP) is 7.59. The number of rotatable bonds is 10. The van der Waals surface area contributed by atoms with Crippen molar-refractivity contribution in [2.45, 2.75) is 64.4 Å². The van der Waals surface area contributed by atoms with E-state index in [0.717, 1.165) is 42.6 Å². The first-order valence-corrected chi connectivity index (χ1v) is 12.7. The molecule has 3 heteroatoms. The zero-order chi connectivity index (χ0) is 25.1. The zero-order valence-electron chi connectivity index (χ0n) is 21.3. The SMILES string of the molecule is CCC1(/C=C/c2ccc(C(CC)(CC)c3ccc(-c4cccc(CC(=O)O)c4)cc3)cc2C)CO1. The molecule has 1 saturated heterocycles. The molecule has 0 radical (unpaired) electrons. The van der Waals surface area contributed by atoms with Crippen LogP contribution < -0.4 is 0 Å². The van der Waals surface area contributed by atoms with E-state index in [-0.39, 0.29) is 17.4 Å². The van der Waals surface area contributed by atoms with Gasteiger partial charge in [-0.15, -0.1) is 0 Å². The van der Waals surface area contributed by atoms with Gasteiger partial charge in [-0.2, -0.15) is 0 Å². The molecule has 0 aliphatic carbocycles. The molecule has 1 heterocycles. The van der Waals surface area contributed by atoms with E-state index in [9.17, 15) is 4.79 Å². The molecule has 1 fully saturated rings. The van der Waals surface area contributed by atoms with E-state index in [2.05, 4.69) is 82.3 Å². The lowest BCUT2D eigenvalue weighted by Gasteiger charge is -2.34. The molecule has 0 saturated carbocycles. The average Bonchev–Trinajstić information content (AvgIpc) is 3.65. The van der Waals surface area contributed by atoms with E-state index in [4.69, 9.17) is 9.84 Å². The fourth-order valence-electron chi connectivity index (χ4n) is 5.16. The molecular formula is C32H36O3. The highest BCUT2D eigenvalue weighted by atomic mass is 16.6. The van der Waals surface area contributed by atoms with Crippen LogP contribution in [-0.4, -0.2) is 23.3 Å². The Kier molecular flexibility index (Phi) is 7.28. The van der Waals surface area contributed by atoms with Gasteiger partial charge in [-0.3, -0.25) is 4.79 Å². The van der Waals surface area contributed by atoms with Gasteiger partial charge >= 0.3 is 5.97 Å². The van der Waals surface area contributed by atoms with Crippen LogP contribution in [0.25, 0.3) is 17.2 Å². The van der Waals surface area contributed by atoms with Gasteiger partial charge in [0.1, 0.15) is 5.60 Å². The van der Waals surface area contributed by atoms with Crippen LogP contribution in [0.3, 0.4) is 0 Å².